The molecule has 0 aliphatic carbocycles. The molecule has 0 aromatic heterocycles. The maximum Gasteiger partial charge on any atom is 0.243 e. The van der Waals surface area contributed by atoms with Crippen LogP contribution in [0.5, 0.6) is 5.75 Å². The third-order valence-corrected chi connectivity index (χ3v) is 6.07. The topological polar surface area (TPSA) is 66.9 Å². The van der Waals surface area contributed by atoms with Gasteiger partial charge in [0.2, 0.25) is 15.9 Å². The van der Waals surface area contributed by atoms with Crippen LogP contribution in [-0.4, -0.2) is 56.8 Å². The molecule has 7 heteroatoms. The molecule has 0 radical (unpaired) electrons. The molecule has 0 saturated carbocycles. The van der Waals surface area contributed by atoms with E-state index in [1.807, 2.05) is 27.7 Å². The second-order valence-corrected chi connectivity index (χ2v) is 9.02. The zero-order valence-electron chi connectivity index (χ0n) is 15.0. The standard InChI is InChI=1S/C17H26N2O4S/c1-13-12-14(6-7-15(13)23-5)24(21,22)19-10-8-18(9-11-19)16(20)17(2,3)4/h6-7,12H,8-11H2,1-5H3. The van der Waals surface area contributed by atoms with E-state index < -0.39 is 15.4 Å². The van der Waals surface area contributed by atoms with E-state index in [9.17, 15) is 13.2 Å². The van der Waals surface area contributed by atoms with Gasteiger partial charge in [-0.25, -0.2) is 8.42 Å². The van der Waals surface area contributed by atoms with Crippen molar-refractivity contribution in [2.24, 2.45) is 5.41 Å². The highest BCUT2D eigenvalue weighted by Gasteiger charge is 2.33. The third-order valence-electron chi connectivity index (χ3n) is 4.17. The van der Waals surface area contributed by atoms with Gasteiger partial charge in [0.05, 0.1) is 12.0 Å². The summed E-state index contributed by atoms with van der Waals surface area (Å²) in [7, 11) is -2.00. The second kappa shape index (κ2) is 6.72. The van der Waals surface area contributed by atoms with Crippen molar-refractivity contribution in [2.45, 2.75) is 32.6 Å². The number of hydrogen-bond donors (Lipinski definition) is 0. The average Bonchev–Trinajstić information content (AvgIpc) is 2.53. The van der Waals surface area contributed by atoms with Crippen LogP contribution in [0.2, 0.25) is 0 Å². The predicted molar refractivity (Wildman–Crippen MR) is 92.5 cm³/mol. The first kappa shape index (κ1) is 18.7. The van der Waals surface area contributed by atoms with E-state index in [1.54, 1.807) is 30.2 Å². The Kier molecular flexibility index (Phi) is 5.25. The minimum Gasteiger partial charge on any atom is -0.496 e. The van der Waals surface area contributed by atoms with E-state index in [2.05, 4.69) is 0 Å². The molecular formula is C17H26N2O4S. The monoisotopic (exact) mass is 354 g/mol. The molecule has 0 N–H and O–H groups in total. The predicted octanol–water partition coefficient (Wildman–Crippen LogP) is 1.88. The van der Waals surface area contributed by atoms with Crippen molar-refractivity contribution in [2.75, 3.05) is 33.3 Å². The van der Waals surface area contributed by atoms with E-state index in [4.69, 9.17) is 4.74 Å². The molecule has 0 unspecified atom stereocenters. The van der Waals surface area contributed by atoms with E-state index >= 15 is 0 Å². The number of rotatable bonds is 3. The molecule has 0 atom stereocenters. The van der Waals surface area contributed by atoms with Crippen LogP contribution in [-0.2, 0) is 14.8 Å². The Balaban J connectivity index is 2.13. The number of sulfonamides is 1. The highest BCUT2D eigenvalue weighted by Crippen LogP contribution is 2.25. The first-order valence-electron chi connectivity index (χ1n) is 8.01. The first-order chi connectivity index (χ1) is 11.1. The average molecular weight is 354 g/mol. The summed E-state index contributed by atoms with van der Waals surface area (Å²) in [5, 5.41) is 0. The summed E-state index contributed by atoms with van der Waals surface area (Å²) in [4.78, 5) is 14.3. The van der Waals surface area contributed by atoms with Crippen molar-refractivity contribution >= 4 is 15.9 Å². The van der Waals surface area contributed by atoms with Crippen LogP contribution in [0.25, 0.3) is 0 Å². The molecule has 1 fully saturated rings. The number of benzene rings is 1. The van der Waals surface area contributed by atoms with Gasteiger partial charge in [-0.05, 0) is 30.7 Å². The summed E-state index contributed by atoms with van der Waals surface area (Å²) >= 11 is 0. The lowest BCUT2D eigenvalue weighted by Gasteiger charge is -2.37. The highest BCUT2D eigenvalue weighted by atomic mass is 32.2. The van der Waals surface area contributed by atoms with Crippen LogP contribution in [0.3, 0.4) is 0 Å². The van der Waals surface area contributed by atoms with Gasteiger partial charge < -0.3 is 9.64 Å². The number of methoxy groups -OCH3 is 1. The van der Waals surface area contributed by atoms with E-state index in [1.165, 1.54) is 4.31 Å². The first-order valence-corrected chi connectivity index (χ1v) is 9.45. The van der Waals surface area contributed by atoms with Crippen LogP contribution in [0.4, 0.5) is 0 Å². The largest absolute Gasteiger partial charge is 0.496 e. The van der Waals surface area contributed by atoms with Crippen LogP contribution in [0, 0.1) is 12.3 Å². The Morgan fingerprint density at radius 3 is 2.17 bits per heavy atom. The zero-order chi connectivity index (χ0) is 18.1. The number of aryl methyl sites for hydroxylation is 1. The van der Waals surface area contributed by atoms with Crippen molar-refractivity contribution in [3.8, 4) is 5.75 Å². The van der Waals surface area contributed by atoms with Gasteiger partial charge in [0.25, 0.3) is 0 Å². The third kappa shape index (κ3) is 3.72. The molecule has 1 aromatic rings. The quantitative estimate of drug-likeness (QED) is 0.831. The molecule has 1 amide bonds. The van der Waals surface area contributed by atoms with Crippen molar-refractivity contribution in [1.29, 1.82) is 0 Å². The molecule has 1 aliphatic heterocycles. The van der Waals surface area contributed by atoms with Gasteiger partial charge >= 0.3 is 0 Å². The summed E-state index contributed by atoms with van der Waals surface area (Å²) in [6.07, 6.45) is 0. The van der Waals surface area contributed by atoms with Crippen LogP contribution >= 0.6 is 0 Å². The van der Waals surface area contributed by atoms with Crippen LogP contribution in [0.1, 0.15) is 26.3 Å². The number of nitrogens with zero attached hydrogens (tertiary/aromatic N) is 2. The summed E-state index contributed by atoms with van der Waals surface area (Å²) in [5.41, 5.74) is 0.328. The van der Waals surface area contributed by atoms with Gasteiger partial charge in [0.15, 0.2) is 0 Å². The second-order valence-electron chi connectivity index (χ2n) is 7.08. The van der Waals surface area contributed by atoms with Gasteiger partial charge in [-0.15, -0.1) is 0 Å². The maximum atomic E-state index is 12.8. The molecule has 1 aromatic carbocycles. The Bertz CT molecular complexity index is 715. The molecular weight excluding hydrogens is 328 g/mol. The van der Waals surface area contributed by atoms with Crippen molar-refractivity contribution in [3.63, 3.8) is 0 Å². The van der Waals surface area contributed by atoms with Gasteiger partial charge in [-0.2, -0.15) is 4.31 Å². The lowest BCUT2D eigenvalue weighted by molar-refractivity contribution is -0.140. The lowest BCUT2D eigenvalue weighted by Crippen LogP contribution is -2.52. The number of hydrogen-bond acceptors (Lipinski definition) is 4. The molecule has 2 rings (SSSR count). The summed E-state index contributed by atoms with van der Waals surface area (Å²) in [6, 6.07) is 4.86. The molecule has 0 spiro atoms. The van der Waals surface area contributed by atoms with E-state index in [-0.39, 0.29) is 10.8 Å². The van der Waals surface area contributed by atoms with Gasteiger partial charge in [0, 0.05) is 31.6 Å². The van der Waals surface area contributed by atoms with E-state index in [0.717, 1.165) is 5.56 Å². The van der Waals surface area contributed by atoms with Gasteiger partial charge in [-0.1, -0.05) is 20.8 Å². The number of ether oxygens (including phenoxy) is 1. The summed E-state index contributed by atoms with van der Waals surface area (Å²) < 4.78 is 32.2. The molecule has 0 bridgehead atoms. The smallest absolute Gasteiger partial charge is 0.243 e. The molecule has 1 saturated heterocycles. The fourth-order valence-electron chi connectivity index (χ4n) is 2.77. The Morgan fingerprint density at radius 2 is 1.71 bits per heavy atom. The Labute approximate surface area is 144 Å². The normalized spacial score (nSPS) is 17.0. The fourth-order valence-corrected chi connectivity index (χ4v) is 4.27. The van der Waals surface area contributed by atoms with Gasteiger partial charge in [0.1, 0.15) is 5.75 Å². The van der Waals surface area contributed by atoms with Crippen molar-refractivity contribution in [1.82, 2.24) is 9.21 Å². The lowest BCUT2D eigenvalue weighted by atomic mass is 9.94. The highest BCUT2D eigenvalue weighted by molar-refractivity contribution is 7.89. The van der Waals surface area contributed by atoms with Gasteiger partial charge in [-0.3, -0.25) is 4.79 Å². The minimum atomic E-state index is -3.55. The molecule has 1 aliphatic rings. The zero-order valence-corrected chi connectivity index (χ0v) is 15.8. The molecule has 24 heavy (non-hydrogen) atoms. The number of carbonyl (C=O) groups excluding carboxylic acids is 1. The van der Waals surface area contributed by atoms with Crippen LogP contribution < -0.4 is 4.74 Å². The van der Waals surface area contributed by atoms with Crippen molar-refractivity contribution < 1.29 is 17.9 Å². The Hall–Kier alpha value is -1.60. The minimum absolute atomic E-state index is 0.0554. The van der Waals surface area contributed by atoms with E-state index in [0.29, 0.717) is 31.9 Å². The van der Waals surface area contributed by atoms with Crippen molar-refractivity contribution in [3.05, 3.63) is 23.8 Å². The molecule has 6 nitrogen and oxygen atoms in total. The Morgan fingerprint density at radius 1 is 1.12 bits per heavy atom. The maximum absolute atomic E-state index is 12.8. The number of carbonyl (C=O) groups is 1. The number of piperazine rings is 1. The molecule has 1 heterocycles. The fraction of sp³-hybridized carbons (Fsp3) is 0.588. The SMILES string of the molecule is COc1ccc(S(=O)(=O)N2CCN(C(=O)C(C)(C)C)CC2)cc1C. The van der Waals surface area contributed by atoms with Crippen LogP contribution in [0.15, 0.2) is 23.1 Å². The molecule has 134 valence electrons. The summed E-state index contributed by atoms with van der Waals surface area (Å²) in [6.45, 7) is 8.91. The summed E-state index contributed by atoms with van der Waals surface area (Å²) in [5.74, 6) is 0.717. The number of amides is 1.